The lowest BCUT2D eigenvalue weighted by atomic mass is 9.99. The van der Waals surface area contributed by atoms with E-state index in [0.717, 1.165) is 25.0 Å². The number of nitrogens with zero attached hydrogens (tertiary/aromatic N) is 1. The number of carbonyl (C=O) groups excluding carboxylic acids is 1. The van der Waals surface area contributed by atoms with Gasteiger partial charge in [0.05, 0.1) is 11.7 Å². The maximum atomic E-state index is 12.9. The van der Waals surface area contributed by atoms with E-state index in [0.29, 0.717) is 17.2 Å². The van der Waals surface area contributed by atoms with Gasteiger partial charge in [0.25, 0.3) is 0 Å². The summed E-state index contributed by atoms with van der Waals surface area (Å²) in [6, 6.07) is 0.449. The van der Waals surface area contributed by atoms with Gasteiger partial charge in [0, 0.05) is 11.3 Å². The Morgan fingerprint density at radius 3 is 2.70 bits per heavy atom. The molecule has 1 heterocycles. The van der Waals surface area contributed by atoms with Crippen molar-refractivity contribution in [3.8, 4) is 0 Å². The molecular formula is C16H30N2OS. The smallest absolute Gasteiger partial charge is 0.244 e. The topological polar surface area (TPSA) is 32.3 Å². The van der Waals surface area contributed by atoms with Crippen LogP contribution in [0.2, 0.25) is 0 Å². The van der Waals surface area contributed by atoms with Crippen LogP contribution in [0, 0.1) is 0 Å². The normalized spacial score (nSPS) is 37.9. The summed E-state index contributed by atoms with van der Waals surface area (Å²) in [5.74, 6) is 1.49. The Hall–Kier alpha value is -0.220. The summed E-state index contributed by atoms with van der Waals surface area (Å²) < 4.78 is 0. The molecule has 1 amide bonds. The molecule has 2 aliphatic rings. The molecular weight excluding hydrogens is 268 g/mol. The lowest BCUT2D eigenvalue weighted by Gasteiger charge is -2.34. The maximum Gasteiger partial charge on any atom is 0.244 e. The van der Waals surface area contributed by atoms with Crippen molar-refractivity contribution in [1.29, 1.82) is 0 Å². The van der Waals surface area contributed by atoms with Gasteiger partial charge in [0.15, 0.2) is 0 Å². The second kappa shape index (κ2) is 6.69. The van der Waals surface area contributed by atoms with Crippen LogP contribution >= 0.6 is 11.8 Å². The lowest BCUT2D eigenvalue weighted by Crippen LogP contribution is -2.47. The molecule has 1 aliphatic heterocycles. The molecule has 20 heavy (non-hydrogen) atoms. The molecule has 1 saturated heterocycles. The summed E-state index contributed by atoms with van der Waals surface area (Å²) in [7, 11) is 0. The van der Waals surface area contributed by atoms with Crippen LogP contribution in [0.15, 0.2) is 0 Å². The van der Waals surface area contributed by atoms with Gasteiger partial charge in [-0.25, -0.2) is 0 Å². The van der Waals surface area contributed by atoms with E-state index in [1.807, 2.05) is 11.8 Å². The Bertz CT molecular complexity index is 349. The van der Waals surface area contributed by atoms with Gasteiger partial charge in [-0.1, -0.05) is 33.6 Å². The zero-order valence-corrected chi connectivity index (χ0v) is 14.3. The highest BCUT2D eigenvalue weighted by Crippen LogP contribution is 2.38. The third-order valence-corrected chi connectivity index (χ3v) is 6.26. The number of hydrogen-bond acceptors (Lipinski definition) is 3. The van der Waals surface area contributed by atoms with Crippen molar-refractivity contribution in [3.63, 3.8) is 0 Å². The van der Waals surface area contributed by atoms with Crippen molar-refractivity contribution in [2.45, 2.75) is 89.2 Å². The second-order valence-electron chi connectivity index (χ2n) is 6.34. The van der Waals surface area contributed by atoms with Crippen molar-refractivity contribution in [2.24, 2.45) is 0 Å². The van der Waals surface area contributed by atoms with Gasteiger partial charge in [-0.3, -0.25) is 10.1 Å². The summed E-state index contributed by atoms with van der Waals surface area (Å²) in [5, 5.41) is 4.27. The number of rotatable bonds is 6. The van der Waals surface area contributed by atoms with Crippen LogP contribution in [-0.2, 0) is 4.79 Å². The highest BCUT2D eigenvalue weighted by molar-refractivity contribution is 7.99. The fourth-order valence-electron chi connectivity index (χ4n) is 3.68. The molecule has 0 aromatic heterocycles. The van der Waals surface area contributed by atoms with E-state index in [1.165, 1.54) is 19.3 Å². The maximum absolute atomic E-state index is 12.9. The Labute approximate surface area is 128 Å². The summed E-state index contributed by atoms with van der Waals surface area (Å²) in [4.78, 5) is 15.2. The van der Waals surface area contributed by atoms with Crippen molar-refractivity contribution >= 4 is 17.7 Å². The quantitative estimate of drug-likeness (QED) is 0.816. The van der Waals surface area contributed by atoms with E-state index in [9.17, 15) is 4.79 Å². The van der Waals surface area contributed by atoms with Crippen LogP contribution in [0.4, 0.5) is 0 Å². The lowest BCUT2D eigenvalue weighted by molar-refractivity contribution is -0.135. The van der Waals surface area contributed by atoms with Crippen molar-refractivity contribution < 1.29 is 4.79 Å². The van der Waals surface area contributed by atoms with Gasteiger partial charge in [0.2, 0.25) is 5.91 Å². The zero-order chi connectivity index (χ0) is 14.8. The molecule has 0 radical (unpaired) electrons. The van der Waals surface area contributed by atoms with Crippen molar-refractivity contribution in [1.82, 2.24) is 10.2 Å². The average Bonchev–Trinajstić information content (AvgIpc) is 2.96. The van der Waals surface area contributed by atoms with Gasteiger partial charge in [-0.05, 0) is 38.4 Å². The summed E-state index contributed by atoms with van der Waals surface area (Å²) >= 11 is 2.04. The molecule has 1 saturated carbocycles. The molecule has 116 valence electrons. The fourth-order valence-corrected chi connectivity index (χ4v) is 4.93. The first-order chi connectivity index (χ1) is 9.57. The molecule has 3 nitrogen and oxygen atoms in total. The Balaban J connectivity index is 2.19. The van der Waals surface area contributed by atoms with E-state index >= 15 is 0 Å². The molecule has 4 unspecified atom stereocenters. The van der Waals surface area contributed by atoms with Crippen LogP contribution in [0.5, 0.6) is 0 Å². The molecule has 1 N–H and O–H groups in total. The largest absolute Gasteiger partial charge is 0.321 e. The predicted octanol–water partition coefficient (Wildman–Crippen LogP) is 3.39. The van der Waals surface area contributed by atoms with E-state index in [1.54, 1.807) is 0 Å². The number of carbonyl (C=O) groups is 1. The minimum atomic E-state index is -0.343. The first kappa shape index (κ1) is 16.2. The molecule has 2 fully saturated rings. The summed E-state index contributed by atoms with van der Waals surface area (Å²) in [6.45, 7) is 8.63. The highest BCUT2D eigenvalue weighted by atomic mass is 32.2. The van der Waals surface area contributed by atoms with Crippen LogP contribution in [-0.4, -0.2) is 39.6 Å². The second-order valence-corrected chi connectivity index (χ2v) is 7.86. The minimum Gasteiger partial charge on any atom is -0.321 e. The minimum absolute atomic E-state index is 0.250. The standard InChI is InChI=1S/C16H30N2OS/c1-5-9-14-17-16(4,6-2)15(19)18(14)12-10-8-11-13(12)20-7-3/h12-14,17H,5-11H2,1-4H3. The van der Waals surface area contributed by atoms with Crippen LogP contribution in [0.1, 0.15) is 66.2 Å². The van der Waals surface area contributed by atoms with Gasteiger partial charge in [-0.15, -0.1) is 0 Å². The Morgan fingerprint density at radius 2 is 2.10 bits per heavy atom. The Kier molecular flexibility index (Phi) is 5.41. The SMILES string of the molecule is CCCC1NC(C)(CC)C(=O)N1C1CCCC1SCC. The number of nitrogens with one attached hydrogen (secondary N) is 1. The third-order valence-electron chi connectivity index (χ3n) is 4.95. The highest BCUT2D eigenvalue weighted by Gasteiger charge is 2.50. The van der Waals surface area contributed by atoms with Gasteiger partial charge in [-0.2, -0.15) is 11.8 Å². The van der Waals surface area contributed by atoms with Crippen molar-refractivity contribution in [3.05, 3.63) is 0 Å². The molecule has 0 spiro atoms. The third kappa shape index (κ3) is 2.87. The molecule has 4 heteroatoms. The molecule has 0 aromatic rings. The van der Waals surface area contributed by atoms with Crippen molar-refractivity contribution in [2.75, 3.05) is 5.75 Å². The monoisotopic (exact) mass is 298 g/mol. The predicted molar refractivity (Wildman–Crippen MR) is 86.9 cm³/mol. The fraction of sp³-hybridized carbons (Fsp3) is 0.938. The number of hydrogen-bond donors (Lipinski definition) is 1. The number of amides is 1. The first-order valence-electron chi connectivity index (χ1n) is 8.29. The molecule has 0 bridgehead atoms. The zero-order valence-electron chi connectivity index (χ0n) is 13.4. The molecule has 4 atom stereocenters. The van der Waals surface area contributed by atoms with Gasteiger partial charge >= 0.3 is 0 Å². The van der Waals surface area contributed by atoms with Gasteiger partial charge in [0.1, 0.15) is 0 Å². The van der Waals surface area contributed by atoms with E-state index in [2.05, 4.69) is 37.9 Å². The van der Waals surface area contributed by atoms with E-state index < -0.39 is 0 Å². The molecule has 1 aliphatic carbocycles. The average molecular weight is 298 g/mol. The van der Waals surface area contributed by atoms with Crippen LogP contribution in [0.3, 0.4) is 0 Å². The Morgan fingerprint density at radius 1 is 1.35 bits per heavy atom. The van der Waals surface area contributed by atoms with Crippen LogP contribution in [0.25, 0.3) is 0 Å². The van der Waals surface area contributed by atoms with Crippen LogP contribution < -0.4 is 5.32 Å². The summed E-state index contributed by atoms with van der Waals surface area (Å²) in [6.07, 6.45) is 7.05. The summed E-state index contributed by atoms with van der Waals surface area (Å²) in [5.41, 5.74) is -0.343. The first-order valence-corrected chi connectivity index (χ1v) is 9.34. The van der Waals surface area contributed by atoms with E-state index in [-0.39, 0.29) is 11.7 Å². The number of thioether (sulfide) groups is 1. The van der Waals surface area contributed by atoms with Gasteiger partial charge < -0.3 is 4.90 Å². The molecule has 0 aromatic carbocycles. The molecule has 2 rings (SSSR count). The van der Waals surface area contributed by atoms with E-state index in [4.69, 9.17) is 0 Å².